The molecule has 0 N–H and O–H groups in total. The van der Waals surface area contributed by atoms with Gasteiger partial charge in [0, 0.05) is 12.5 Å². The zero-order valence-electron chi connectivity index (χ0n) is 11.2. The highest BCUT2D eigenvalue weighted by molar-refractivity contribution is 5.50. The predicted molar refractivity (Wildman–Crippen MR) is 74.1 cm³/mol. The molecule has 0 saturated carbocycles. The molecule has 0 spiro atoms. The second kappa shape index (κ2) is 5.21. The van der Waals surface area contributed by atoms with Gasteiger partial charge in [0.15, 0.2) is 6.54 Å². The number of rotatable bonds is 3. The summed E-state index contributed by atoms with van der Waals surface area (Å²) in [5.74, 6) is 0.330. The summed E-state index contributed by atoms with van der Waals surface area (Å²) in [6, 6.07) is 19.7. The van der Waals surface area contributed by atoms with Gasteiger partial charge in [0.2, 0.25) is 5.69 Å². The van der Waals surface area contributed by atoms with Crippen LogP contribution in [0.25, 0.3) is 11.5 Å². The molecule has 0 bridgehead atoms. The van der Waals surface area contributed by atoms with Gasteiger partial charge in [-0.1, -0.05) is 48.5 Å². The third-order valence-electron chi connectivity index (χ3n) is 3.34. The molecule has 100 valence electrons. The Kier molecular flexibility index (Phi) is 3.25. The Morgan fingerprint density at radius 1 is 0.950 bits per heavy atom. The number of aromatic nitrogens is 1. The van der Waals surface area contributed by atoms with Crippen LogP contribution in [0.3, 0.4) is 0 Å². The number of nitrogens with zero attached hydrogens (tertiary/aromatic N) is 1. The first-order valence-corrected chi connectivity index (χ1v) is 6.55. The van der Waals surface area contributed by atoms with E-state index >= 15 is 0 Å². The normalized spacial score (nSPS) is 10.7. The van der Waals surface area contributed by atoms with Gasteiger partial charge in [-0.2, -0.15) is 4.57 Å². The van der Waals surface area contributed by atoms with E-state index in [0.29, 0.717) is 18.1 Å². The molecule has 0 amide bonds. The second-order valence-corrected chi connectivity index (χ2v) is 4.72. The van der Waals surface area contributed by atoms with E-state index < -0.39 is 0 Å². The van der Waals surface area contributed by atoms with Crippen molar-refractivity contribution in [1.29, 1.82) is 0 Å². The van der Waals surface area contributed by atoms with Gasteiger partial charge < -0.3 is 9.52 Å². The zero-order valence-corrected chi connectivity index (χ0v) is 11.2. The van der Waals surface area contributed by atoms with E-state index in [0.717, 1.165) is 11.1 Å². The van der Waals surface area contributed by atoms with Gasteiger partial charge in [0.25, 0.3) is 5.89 Å². The van der Waals surface area contributed by atoms with Crippen molar-refractivity contribution in [1.82, 2.24) is 0 Å². The maximum atomic E-state index is 11.8. The van der Waals surface area contributed by atoms with Crippen LogP contribution in [0.15, 0.2) is 65.1 Å². The fourth-order valence-corrected chi connectivity index (χ4v) is 2.23. The van der Waals surface area contributed by atoms with Crippen molar-refractivity contribution in [2.45, 2.75) is 13.5 Å². The van der Waals surface area contributed by atoms with Gasteiger partial charge in [-0.25, -0.2) is 0 Å². The SMILES string of the molecule is Cc1c([O-])oc(-c2ccccc2)[n+]1Cc1ccccc1. The van der Waals surface area contributed by atoms with Gasteiger partial charge in [0.1, 0.15) is 5.95 Å². The lowest BCUT2D eigenvalue weighted by atomic mass is 10.2. The minimum absolute atomic E-state index is 0.278. The Morgan fingerprint density at radius 2 is 1.55 bits per heavy atom. The summed E-state index contributed by atoms with van der Waals surface area (Å²) in [4.78, 5) is 0. The van der Waals surface area contributed by atoms with Crippen LogP contribution in [-0.4, -0.2) is 0 Å². The van der Waals surface area contributed by atoms with Crippen molar-refractivity contribution < 1.29 is 14.1 Å². The van der Waals surface area contributed by atoms with Crippen molar-refractivity contribution in [2.75, 3.05) is 0 Å². The standard InChI is InChI=1S/C17H15NO2/c1-13-17(19)20-16(15-10-6-3-7-11-15)18(13)12-14-8-4-2-5-9-14/h2-11H,12H2,1H3. The van der Waals surface area contributed by atoms with E-state index in [1.54, 1.807) is 6.92 Å². The molecule has 3 nitrogen and oxygen atoms in total. The summed E-state index contributed by atoms with van der Waals surface area (Å²) in [6.45, 7) is 2.42. The lowest BCUT2D eigenvalue weighted by molar-refractivity contribution is -0.686. The Balaban J connectivity index is 2.06. The number of hydrogen-bond acceptors (Lipinski definition) is 2. The minimum atomic E-state index is -0.278. The van der Waals surface area contributed by atoms with Crippen molar-refractivity contribution in [3.05, 3.63) is 71.9 Å². The zero-order chi connectivity index (χ0) is 13.9. The maximum Gasteiger partial charge on any atom is 0.269 e. The van der Waals surface area contributed by atoms with Crippen LogP contribution in [0.2, 0.25) is 0 Å². The summed E-state index contributed by atoms with van der Waals surface area (Å²) in [7, 11) is 0. The molecule has 20 heavy (non-hydrogen) atoms. The summed E-state index contributed by atoms with van der Waals surface area (Å²) in [6.07, 6.45) is 0. The highest BCUT2D eigenvalue weighted by atomic mass is 16.5. The minimum Gasteiger partial charge on any atom is -0.540 e. The van der Waals surface area contributed by atoms with Gasteiger partial charge >= 0.3 is 0 Å². The largest absolute Gasteiger partial charge is 0.540 e. The highest BCUT2D eigenvalue weighted by Crippen LogP contribution is 2.22. The molecule has 3 rings (SSSR count). The molecule has 1 aromatic heterocycles. The molecule has 1 heterocycles. The second-order valence-electron chi connectivity index (χ2n) is 4.72. The molecule has 0 aliphatic heterocycles. The maximum absolute atomic E-state index is 11.8. The van der Waals surface area contributed by atoms with Crippen LogP contribution in [0.5, 0.6) is 5.95 Å². The summed E-state index contributed by atoms with van der Waals surface area (Å²) in [5, 5.41) is 11.8. The van der Waals surface area contributed by atoms with Crippen LogP contribution in [-0.2, 0) is 6.54 Å². The van der Waals surface area contributed by atoms with Crippen LogP contribution in [0.4, 0.5) is 0 Å². The Morgan fingerprint density at radius 3 is 2.20 bits per heavy atom. The van der Waals surface area contributed by atoms with Crippen LogP contribution >= 0.6 is 0 Å². The molecule has 0 unspecified atom stereocenters. The number of hydrogen-bond donors (Lipinski definition) is 0. The molecular weight excluding hydrogens is 250 g/mol. The first kappa shape index (κ1) is 12.5. The molecular formula is C17H15NO2. The molecule has 0 saturated heterocycles. The number of oxazole rings is 1. The molecule has 0 aliphatic carbocycles. The first-order chi connectivity index (χ1) is 9.75. The fourth-order valence-electron chi connectivity index (χ4n) is 2.23. The first-order valence-electron chi connectivity index (χ1n) is 6.55. The summed E-state index contributed by atoms with van der Waals surface area (Å²) < 4.78 is 7.33. The quantitative estimate of drug-likeness (QED) is 0.683. The third-order valence-corrected chi connectivity index (χ3v) is 3.34. The summed E-state index contributed by atoms with van der Waals surface area (Å²) in [5.41, 5.74) is 2.67. The monoisotopic (exact) mass is 265 g/mol. The lowest BCUT2D eigenvalue weighted by Crippen LogP contribution is -2.37. The molecule has 2 aromatic carbocycles. The van der Waals surface area contributed by atoms with Gasteiger partial charge in [0.05, 0.1) is 5.56 Å². The third kappa shape index (κ3) is 2.30. The average Bonchev–Trinajstić information content (AvgIpc) is 2.78. The predicted octanol–water partition coefficient (Wildman–Crippen LogP) is 2.66. The molecule has 3 heteroatoms. The van der Waals surface area contributed by atoms with E-state index in [-0.39, 0.29) is 5.95 Å². The van der Waals surface area contributed by atoms with Crippen molar-refractivity contribution in [2.24, 2.45) is 0 Å². The Bertz CT molecular complexity index is 703. The van der Waals surface area contributed by atoms with E-state index in [1.807, 2.05) is 65.2 Å². The van der Waals surface area contributed by atoms with Crippen LogP contribution < -0.4 is 9.67 Å². The van der Waals surface area contributed by atoms with E-state index in [4.69, 9.17) is 4.42 Å². The molecule has 0 fully saturated rings. The van der Waals surface area contributed by atoms with Gasteiger partial charge in [-0.15, -0.1) is 0 Å². The van der Waals surface area contributed by atoms with Crippen molar-refractivity contribution >= 4 is 0 Å². The van der Waals surface area contributed by atoms with Gasteiger partial charge in [-0.05, 0) is 12.1 Å². The van der Waals surface area contributed by atoms with Gasteiger partial charge in [-0.3, -0.25) is 0 Å². The fraction of sp³-hybridized carbons (Fsp3) is 0.118. The van der Waals surface area contributed by atoms with E-state index in [9.17, 15) is 5.11 Å². The average molecular weight is 265 g/mol. The highest BCUT2D eigenvalue weighted by Gasteiger charge is 2.19. The topological polar surface area (TPSA) is 40.1 Å². The lowest BCUT2D eigenvalue weighted by Gasteiger charge is -2.02. The van der Waals surface area contributed by atoms with E-state index in [2.05, 4.69) is 0 Å². The number of benzene rings is 2. The molecule has 0 aliphatic rings. The smallest absolute Gasteiger partial charge is 0.269 e. The molecule has 0 atom stereocenters. The van der Waals surface area contributed by atoms with Crippen molar-refractivity contribution in [3.63, 3.8) is 0 Å². The Hall–Kier alpha value is -2.55. The van der Waals surface area contributed by atoms with Crippen LogP contribution in [0.1, 0.15) is 11.3 Å². The molecule has 0 radical (unpaired) electrons. The molecule has 3 aromatic rings. The van der Waals surface area contributed by atoms with E-state index in [1.165, 1.54) is 0 Å². The summed E-state index contributed by atoms with van der Waals surface area (Å²) >= 11 is 0. The van der Waals surface area contributed by atoms with Crippen molar-refractivity contribution in [3.8, 4) is 17.4 Å². The Labute approximate surface area is 117 Å². The van der Waals surface area contributed by atoms with Crippen LogP contribution in [0, 0.1) is 6.92 Å².